The molecular formula is C17H18N2O4S. The highest BCUT2D eigenvalue weighted by molar-refractivity contribution is 7.16. The van der Waals surface area contributed by atoms with Crippen LogP contribution in [0.15, 0.2) is 18.3 Å². The van der Waals surface area contributed by atoms with Crippen LogP contribution in [-0.2, 0) is 19.4 Å². The van der Waals surface area contributed by atoms with E-state index in [0.29, 0.717) is 21.2 Å². The van der Waals surface area contributed by atoms with E-state index in [2.05, 4.69) is 10.3 Å². The first kappa shape index (κ1) is 16.4. The van der Waals surface area contributed by atoms with Crippen LogP contribution >= 0.6 is 11.3 Å². The van der Waals surface area contributed by atoms with E-state index in [-0.39, 0.29) is 12.5 Å². The first-order chi connectivity index (χ1) is 11.6. The highest BCUT2D eigenvalue weighted by atomic mass is 32.1. The van der Waals surface area contributed by atoms with Gasteiger partial charge in [0.25, 0.3) is 5.91 Å². The van der Waals surface area contributed by atoms with Crippen LogP contribution in [0.5, 0.6) is 5.75 Å². The molecule has 6 nitrogen and oxygen atoms in total. The molecule has 2 N–H and O–H groups in total. The predicted octanol–water partition coefficient (Wildman–Crippen LogP) is 2.66. The molecule has 7 heteroatoms. The molecule has 0 atom stereocenters. The molecule has 0 spiro atoms. The molecule has 3 rings (SSSR count). The van der Waals surface area contributed by atoms with Gasteiger partial charge in [0.2, 0.25) is 0 Å². The van der Waals surface area contributed by atoms with Crippen molar-refractivity contribution >= 4 is 23.2 Å². The van der Waals surface area contributed by atoms with Gasteiger partial charge >= 0.3 is 5.97 Å². The fourth-order valence-electron chi connectivity index (χ4n) is 2.92. The molecule has 0 aliphatic heterocycles. The Morgan fingerprint density at radius 2 is 2.00 bits per heavy atom. The Bertz CT molecular complexity index is 785. The first-order valence-electron chi connectivity index (χ1n) is 7.75. The number of hydrogen-bond donors (Lipinski definition) is 2. The quantitative estimate of drug-likeness (QED) is 0.869. The summed E-state index contributed by atoms with van der Waals surface area (Å²) in [6.45, 7) is 0.269. The average Bonchev–Trinajstić information content (AvgIpc) is 3.00. The molecule has 1 aliphatic rings. The maximum absolute atomic E-state index is 12.5. The summed E-state index contributed by atoms with van der Waals surface area (Å²) in [5.74, 6) is -0.516. The number of carboxylic acids is 1. The van der Waals surface area contributed by atoms with Crippen LogP contribution in [0.4, 0.5) is 0 Å². The maximum atomic E-state index is 12.5. The average molecular weight is 346 g/mol. The fourth-order valence-corrected chi connectivity index (χ4v) is 4.07. The SMILES string of the molecule is COc1ccnc(CNC(=O)c2sc(C(=O)O)c3c2CCCC3)c1. The molecule has 126 valence electrons. The molecule has 0 saturated carbocycles. The molecule has 0 unspecified atom stereocenters. The standard InChI is InChI=1S/C17H18N2O4S/c1-23-11-6-7-18-10(8-11)9-19-16(20)14-12-4-2-3-5-13(12)15(24-14)17(21)22/h6-8H,2-5,9H2,1H3,(H,19,20)(H,21,22). The van der Waals surface area contributed by atoms with Gasteiger partial charge in [0.15, 0.2) is 0 Å². The van der Waals surface area contributed by atoms with Crippen LogP contribution in [0, 0.1) is 0 Å². The van der Waals surface area contributed by atoms with Gasteiger partial charge in [-0.1, -0.05) is 0 Å². The highest BCUT2D eigenvalue weighted by Crippen LogP contribution is 2.34. The number of thiophene rings is 1. The fraction of sp³-hybridized carbons (Fsp3) is 0.353. The monoisotopic (exact) mass is 346 g/mol. The van der Waals surface area contributed by atoms with E-state index in [0.717, 1.165) is 48.1 Å². The van der Waals surface area contributed by atoms with Crippen LogP contribution in [0.25, 0.3) is 0 Å². The van der Waals surface area contributed by atoms with Crippen molar-refractivity contribution in [1.82, 2.24) is 10.3 Å². The number of carbonyl (C=O) groups is 2. The molecule has 0 bridgehead atoms. The summed E-state index contributed by atoms with van der Waals surface area (Å²) in [5.41, 5.74) is 2.43. The van der Waals surface area contributed by atoms with Crippen molar-refractivity contribution in [2.75, 3.05) is 7.11 Å². The Hall–Kier alpha value is -2.41. The molecule has 0 aromatic carbocycles. The number of carbonyl (C=O) groups excluding carboxylic acids is 1. The molecule has 2 heterocycles. The number of nitrogens with one attached hydrogen (secondary N) is 1. The van der Waals surface area contributed by atoms with Gasteiger partial charge in [0, 0.05) is 12.3 Å². The van der Waals surface area contributed by atoms with E-state index in [1.54, 1.807) is 25.4 Å². The normalized spacial score (nSPS) is 13.2. The van der Waals surface area contributed by atoms with Gasteiger partial charge in [-0.05, 0) is 42.9 Å². The molecular weight excluding hydrogens is 328 g/mol. The summed E-state index contributed by atoms with van der Waals surface area (Å²) < 4.78 is 5.13. The largest absolute Gasteiger partial charge is 0.497 e. The van der Waals surface area contributed by atoms with Crippen molar-refractivity contribution in [3.05, 3.63) is 44.9 Å². The second-order valence-corrected chi connectivity index (χ2v) is 6.62. The minimum absolute atomic E-state index is 0.240. The minimum atomic E-state index is -0.952. The number of nitrogens with zero attached hydrogens (tertiary/aromatic N) is 1. The van der Waals surface area contributed by atoms with Crippen LogP contribution in [0.1, 0.15) is 49.0 Å². The van der Waals surface area contributed by atoms with E-state index >= 15 is 0 Å². The smallest absolute Gasteiger partial charge is 0.346 e. The predicted molar refractivity (Wildman–Crippen MR) is 89.9 cm³/mol. The molecule has 1 aliphatic carbocycles. The van der Waals surface area contributed by atoms with E-state index in [4.69, 9.17) is 4.74 Å². The van der Waals surface area contributed by atoms with Gasteiger partial charge in [-0.15, -0.1) is 11.3 Å². The number of aromatic nitrogens is 1. The lowest BCUT2D eigenvalue weighted by Crippen LogP contribution is -2.23. The summed E-state index contributed by atoms with van der Waals surface area (Å²) in [6.07, 6.45) is 5.08. The second kappa shape index (κ2) is 7.00. The summed E-state index contributed by atoms with van der Waals surface area (Å²) in [6, 6.07) is 3.49. The maximum Gasteiger partial charge on any atom is 0.346 e. The number of methoxy groups -OCH3 is 1. The van der Waals surface area contributed by atoms with Gasteiger partial charge in [0.05, 0.1) is 24.2 Å². The van der Waals surface area contributed by atoms with Crippen LogP contribution in [0.3, 0.4) is 0 Å². The van der Waals surface area contributed by atoms with E-state index in [9.17, 15) is 14.7 Å². The van der Waals surface area contributed by atoms with Crippen LogP contribution in [0.2, 0.25) is 0 Å². The Labute approximate surface area is 143 Å². The third kappa shape index (κ3) is 3.26. The molecule has 0 fully saturated rings. The Balaban J connectivity index is 1.78. The Morgan fingerprint density at radius 1 is 1.29 bits per heavy atom. The van der Waals surface area contributed by atoms with Gasteiger partial charge in [-0.3, -0.25) is 9.78 Å². The van der Waals surface area contributed by atoms with Crippen LogP contribution < -0.4 is 10.1 Å². The van der Waals surface area contributed by atoms with Crippen molar-refractivity contribution in [1.29, 1.82) is 0 Å². The van der Waals surface area contributed by atoms with Gasteiger partial charge in [-0.2, -0.15) is 0 Å². The van der Waals surface area contributed by atoms with Gasteiger partial charge in [-0.25, -0.2) is 4.79 Å². The third-order valence-electron chi connectivity index (χ3n) is 4.07. The number of amides is 1. The van der Waals surface area contributed by atoms with Crippen molar-refractivity contribution in [2.24, 2.45) is 0 Å². The van der Waals surface area contributed by atoms with Crippen LogP contribution in [-0.4, -0.2) is 29.1 Å². The molecule has 2 aromatic rings. The summed E-state index contributed by atoms with van der Waals surface area (Å²) >= 11 is 1.08. The molecule has 24 heavy (non-hydrogen) atoms. The zero-order valence-electron chi connectivity index (χ0n) is 13.3. The van der Waals surface area contributed by atoms with E-state index < -0.39 is 5.97 Å². The third-order valence-corrected chi connectivity index (χ3v) is 5.34. The summed E-state index contributed by atoms with van der Waals surface area (Å²) in [7, 11) is 1.57. The zero-order chi connectivity index (χ0) is 17.1. The number of fused-ring (bicyclic) bond motifs is 1. The van der Waals surface area contributed by atoms with Crippen molar-refractivity contribution < 1.29 is 19.4 Å². The van der Waals surface area contributed by atoms with E-state index in [1.807, 2.05) is 0 Å². The summed E-state index contributed by atoms with van der Waals surface area (Å²) in [4.78, 5) is 28.9. The molecule has 0 saturated heterocycles. The zero-order valence-corrected chi connectivity index (χ0v) is 14.1. The number of aromatic carboxylic acids is 1. The molecule has 0 radical (unpaired) electrons. The Kier molecular flexibility index (Phi) is 4.80. The highest BCUT2D eigenvalue weighted by Gasteiger charge is 2.27. The number of carboxylic acid groups (broad SMARTS) is 1. The number of hydrogen-bond acceptors (Lipinski definition) is 5. The molecule has 1 amide bonds. The number of ether oxygens (including phenoxy) is 1. The van der Waals surface area contributed by atoms with Crippen molar-refractivity contribution in [3.8, 4) is 5.75 Å². The van der Waals surface area contributed by atoms with E-state index in [1.165, 1.54) is 0 Å². The first-order valence-corrected chi connectivity index (χ1v) is 8.56. The topological polar surface area (TPSA) is 88.5 Å². The molecule has 2 aromatic heterocycles. The lowest BCUT2D eigenvalue weighted by Gasteiger charge is -2.13. The number of pyridine rings is 1. The van der Waals surface area contributed by atoms with Crippen molar-refractivity contribution in [2.45, 2.75) is 32.2 Å². The Morgan fingerprint density at radius 3 is 2.67 bits per heavy atom. The van der Waals surface area contributed by atoms with Gasteiger partial charge < -0.3 is 15.2 Å². The lowest BCUT2D eigenvalue weighted by atomic mass is 9.92. The number of rotatable bonds is 5. The lowest BCUT2D eigenvalue weighted by molar-refractivity contribution is 0.0700. The minimum Gasteiger partial charge on any atom is -0.497 e. The van der Waals surface area contributed by atoms with Crippen molar-refractivity contribution in [3.63, 3.8) is 0 Å². The summed E-state index contributed by atoms with van der Waals surface area (Å²) in [5, 5.41) is 12.2. The second-order valence-electron chi connectivity index (χ2n) is 5.60. The van der Waals surface area contributed by atoms with Gasteiger partial charge in [0.1, 0.15) is 10.6 Å².